The van der Waals surface area contributed by atoms with Gasteiger partial charge in [-0.25, -0.2) is 4.98 Å². The van der Waals surface area contributed by atoms with Crippen molar-refractivity contribution in [2.45, 2.75) is 6.04 Å². The molecule has 0 saturated heterocycles. The van der Waals surface area contributed by atoms with E-state index < -0.39 is 0 Å². The Morgan fingerprint density at radius 3 is 2.28 bits per heavy atom. The van der Waals surface area contributed by atoms with Gasteiger partial charge in [0.05, 0.1) is 6.04 Å². The lowest BCUT2D eigenvalue weighted by Gasteiger charge is -2.25. The standard InChI is InChI=1S/C19H14N4OS/c1-22(19-21-23-16(24)10-11-20-18(23)25-19)17-14-8-4-2-6-12(14)13-7-3-5-9-15(13)17/h2-11,17H,1H3. The predicted octanol–water partition coefficient (Wildman–Crippen LogP) is 3.36. The number of hydrogen-bond donors (Lipinski definition) is 0. The average molecular weight is 346 g/mol. The van der Waals surface area contributed by atoms with Crippen molar-refractivity contribution >= 4 is 21.4 Å². The molecule has 0 bridgehead atoms. The number of aromatic nitrogens is 3. The lowest BCUT2D eigenvalue weighted by atomic mass is 10.0. The Labute approximate surface area is 147 Å². The van der Waals surface area contributed by atoms with Gasteiger partial charge in [-0.15, -0.1) is 5.10 Å². The summed E-state index contributed by atoms with van der Waals surface area (Å²) in [5.41, 5.74) is 4.86. The van der Waals surface area contributed by atoms with Gasteiger partial charge in [-0.3, -0.25) is 4.79 Å². The number of benzene rings is 2. The van der Waals surface area contributed by atoms with Crippen molar-refractivity contribution in [3.05, 3.63) is 82.3 Å². The van der Waals surface area contributed by atoms with Gasteiger partial charge in [0, 0.05) is 19.3 Å². The van der Waals surface area contributed by atoms with Gasteiger partial charge >= 0.3 is 0 Å². The molecule has 1 aliphatic rings. The molecule has 5 rings (SSSR count). The first-order chi connectivity index (χ1) is 12.2. The maximum atomic E-state index is 12.0. The van der Waals surface area contributed by atoms with Crippen LogP contribution in [-0.2, 0) is 0 Å². The normalized spacial score (nSPS) is 13.0. The lowest BCUT2D eigenvalue weighted by Crippen LogP contribution is -2.24. The Bertz CT molecular complexity index is 1120. The summed E-state index contributed by atoms with van der Waals surface area (Å²) in [7, 11) is 2.02. The van der Waals surface area contributed by atoms with Crippen molar-refractivity contribution in [3.8, 4) is 11.1 Å². The van der Waals surface area contributed by atoms with Gasteiger partial charge < -0.3 is 4.90 Å². The molecule has 0 saturated carbocycles. The van der Waals surface area contributed by atoms with E-state index in [2.05, 4.69) is 63.5 Å². The summed E-state index contributed by atoms with van der Waals surface area (Å²) < 4.78 is 1.36. The van der Waals surface area contributed by atoms with Crippen molar-refractivity contribution in [1.29, 1.82) is 0 Å². The van der Waals surface area contributed by atoms with E-state index in [0.717, 1.165) is 5.13 Å². The molecule has 1 aliphatic carbocycles. The molecule has 0 unspecified atom stereocenters. The maximum absolute atomic E-state index is 12.0. The van der Waals surface area contributed by atoms with E-state index >= 15 is 0 Å². The quantitative estimate of drug-likeness (QED) is 0.558. The number of anilines is 1. The van der Waals surface area contributed by atoms with Gasteiger partial charge in [-0.05, 0) is 22.3 Å². The predicted molar refractivity (Wildman–Crippen MR) is 99.3 cm³/mol. The van der Waals surface area contributed by atoms with Crippen LogP contribution in [-0.4, -0.2) is 21.6 Å². The van der Waals surface area contributed by atoms with Crippen LogP contribution in [0.15, 0.2) is 65.6 Å². The van der Waals surface area contributed by atoms with Crippen LogP contribution in [0.4, 0.5) is 5.13 Å². The second kappa shape index (κ2) is 5.26. The van der Waals surface area contributed by atoms with E-state index in [0.29, 0.717) is 4.96 Å². The highest BCUT2D eigenvalue weighted by atomic mass is 32.1. The van der Waals surface area contributed by atoms with Crippen LogP contribution in [0.2, 0.25) is 0 Å². The fraction of sp³-hybridized carbons (Fsp3) is 0.105. The fourth-order valence-electron chi connectivity index (χ4n) is 3.53. The molecular formula is C19H14N4OS. The Morgan fingerprint density at radius 2 is 1.64 bits per heavy atom. The Morgan fingerprint density at radius 1 is 1.00 bits per heavy atom. The van der Waals surface area contributed by atoms with Crippen LogP contribution in [0.3, 0.4) is 0 Å². The van der Waals surface area contributed by atoms with Crippen LogP contribution in [0.1, 0.15) is 17.2 Å². The zero-order valence-electron chi connectivity index (χ0n) is 13.5. The number of nitrogens with zero attached hydrogens (tertiary/aromatic N) is 4. The van der Waals surface area contributed by atoms with Gasteiger partial charge in [0.2, 0.25) is 10.1 Å². The first-order valence-electron chi connectivity index (χ1n) is 8.00. The summed E-state index contributed by atoms with van der Waals surface area (Å²) in [6, 6.07) is 18.4. The molecule has 0 amide bonds. The van der Waals surface area contributed by atoms with E-state index in [1.54, 1.807) is 0 Å². The molecule has 0 fully saturated rings. The highest BCUT2D eigenvalue weighted by Crippen LogP contribution is 2.47. The van der Waals surface area contributed by atoms with Crippen LogP contribution in [0.5, 0.6) is 0 Å². The third-order valence-electron chi connectivity index (χ3n) is 4.65. The minimum atomic E-state index is -0.159. The van der Waals surface area contributed by atoms with Crippen molar-refractivity contribution in [3.63, 3.8) is 0 Å². The Kier molecular flexibility index (Phi) is 3.02. The molecular weight excluding hydrogens is 332 g/mol. The molecule has 0 radical (unpaired) electrons. The van der Waals surface area contributed by atoms with Crippen LogP contribution < -0.4 is 10.5 Å². The van der Waals surface area contributed by atoms with E-state index in [4.69, 9.17) is 0 Å². The Balaban J connectivity index is 1.69. The van der Waals surface area contributed by atoms with Crippen LogP contribution in [0, 0.1) is 0 Å². The van der Waals surface area contributed by atoms with Crippen molar-refractivity contribution in [2.24, 2.45) is 0 Å². The van der Waals surface area contributed by atoms with E-state index in [-0.39, 0.29) is 11.6 Å². The molecule has 0 atom stereocenters. The smallest absolute Gasteiger partial charge is 0.275 e. The third kappa shape index (κ3) is 2.04. The van der Waals surface area contributed by atoms with Crippen LogP contribution in [0.25, 0.3) is 16.1 Å². The Hall–Kier alpha value is -2.99. The largest absolute Gasteiger partial charge is 0.339 e. The summed E-state index contributed by atoms with van der Waals surface area (Å²) in [5, 5.41) is 5.26. The molecule has 122 valence electrons. The molecule has 6 heteroatoms. The highest BCUT2D eigenvalue weighted by molar-refractivity contribution is 7.20. The monoisotopic (exact) mass is 346 g/mol. The van der Waals surface area contributed by atoms with Gasteiger partial charge in [0.25, 0.3) is 5.56 Å². The number of hydrogen-bond acceptors (Lipinski definition) is 5. The van der Waals surface area contributed by atoms with E-state index in [9.17, 15) is 4.79 Å². The third-order valence-corrected chi connectivity index (χ3v) is 5.66. The fourth-order valence-corrected chi connectivity index (χ4v) is 4.40. The van der Waals surface area contributed by atoms with Crippen molar-refractivity contribution in [2.75, 3.05) is 11.9 Å². The molecule has 0 spiro atoms. The van der Waals surface area contributed by atoms with Crippen molar-refractivity contribution < 1.29 is 0 Å². The van der Waals surface area contributed by atoms with Crippen LogP contribution >= 0.6 is 11.3 Å². The second-order valence-electron chi connectivity index (χ2n) is 6.05. The first-order valence-corrected chi connectivity index (χ1v) is 8.81. The topological polar surface area (TPSA) is 50.5 Å². The first kappa shape index (κ1) is 14.4. The zero-order chi connectivity index (χ0) is 17.0. The zero-order valence-corrected chi connectivity index (χ0v) is 14.3. The second-order valence-corrected chi connectivity index (χ2v) is 6.98. The lowest BCUT2D eigenvalue weighted by molar-refractivity contribution is 0.775. The molecule has 0 N–H and O–H groups in total. The molecule has 2 aromatic carbocycles. The minimum Gasteiger partial charge on any atom is -0.339 e. The molecule has 0 aliphatic heterocycles. The van der Waals surface area contributed by atoms with Gasteiger partial charge in [0.1, 0.15) is 0 Å². The summed E-state index contributed by atoms with van der Waals surface area (Å²) in [5.74, 6) is 0. The molecule has 4 aromatic rings. The molecule has 5 nitrogen and oxygen atoms in total. The minimum absolute atomic E-state index is 0.0728. The van der Waals surface area contributed by atoms with Crippen molar-refractivity contribution in [1.82, 2.24) is 14.6 Å². The average Bonchev–Trinajstić information content (AvgIpc) is 3.22. The van der Waals surface area contributed by atoms with E-state index in [1.807, 2.05) is 7.05 Å². The summed E-state index contributed by atoms with van der Waals surface area (Å²) >= 11 is 1.42. The highest BCUT2D eigenvalue weighted by Gasteiger charge is 2.32. The summed E-state index contributed by atoms with van der Waals surface area (Å²) in [4.78, 5) is 19.0. The SMILES string of the molecule is CN(c1nn2c(=O)ccnc2s1)C1c2ccccc2-c2ccccc21. The summed E-state index contributed by atoms with van der Waals surface area (Å²) in [6.07, 6.45) is 1.53. The summed E-state index contributed by atoms with van der Waals surface area (Å²) in [6.45, 7) is 0. The molecule has 25 heavy (non-hydrogen) atoms. The van der Waals surface area contributed by atoms with Gasteiger partial charge in [-0.1, -0.05) is 59.9 Å². The van der Waals surface area contributed by atoms with Gasteiger partial charge in [0.15, 0.2) is 0 Å². The van der Waals surface area contributed by atoms with E-state index in [1.165, 1.54) is 50.4 Å². The number of fused-ring (bicyclic) bond motifs is 4. The van der Waals surface area contributed by atoms with Gasteiger partial charge in [-0.2, -0.15) is 4.52 Å². The molecule has 2 heterocycles. The number of rotatable bonds is 2. The molecule has 2 aromatic heterocycles. The maximum Gasteiger partial charge on any atom is 0.275 e.